The molecular formula is C6H5Cl. The Balaban J connectivity index is 4.31. The van der Waals surface area contributed by atoms with Gasteiger partial charge in [0.15, 0.2) is 0 Å². The quantitative estimate of drug-likeness (QED) is 0.361. The molecular weight excluding hydrogens is 108 g/mol. The van der Waals surface area contributed by atoms with E-state index in [1.54, 1.807) is 0 Å². The van der Waals surface area contributed by atoms with Crippen molar-refractivity contribution in [2.75, 3.05) is 0 Å². The molecule has 0 atom stereocenters. The molecule has 0 aliphatic heterocycles. The molecule has 0 heterocycles. The highest BCUT2D eigenvalue weighted by molar-refractivity contribution is 6.30. The van der Waals surface area contributed by atoms with Gasteiger partial charge in [0.2, 0.25) is 0 Å². The molecule has 0 aliphatic carbocycles. The number of hydrogen-bond donors (Lipinski definition) is 0. The van der Waals surface area contributed by atoms with Crippen molar-refractivity contribution in [3.8, 4) is 0 Å². The summed E-state index contributed by atoms with van der Waals surface area (Å²) in [7, 11) is 0. The fraction of sp³-hybridized carbons (Fsp3) is 0. The predicted octanol–water partition coefficient (Wildman–Crippen LogP) is 2.24. The van der Waals surface area contributed by atoms with E-state index < -0.39 is 0 Å². The maximum atomic E-state index is 5.35. The van der Waals surface area contributed by atoms with Crippen molar-refractivity contribution in [2.24, 2.45) is 0 Å². The van der Waals surface area contributed by atoms with E-state index in [1.165, 1.54) is 6.08 Å². The molecule has 0 aliphatic rings. The van der Waals surface area contributed by atoms with Crippen LogP contribution in [-0.4, -0.2) is 0 Å². The zero-order valence-electron chi connectivity index (χ0n) is 3.87. The molecule has 0 unspecified atom stereocenters. The van der Waals surface area contributed by atoms with Gasteiger partial charge in [0.1, 0.15) is 0 Å². The van der Waals surface area contributed by atoms with Crippen LogP contribution in [0.25, 0.3) is 0 Å². The van der Waals surface area contributed by atoms with Crippen LogP contribution in [0.4, 0.5) is 0 Å². The fourth-order valence-corrected chi connectivity index (χ4v) is 0.202. The van der Waals surface area contributed by atoms with E-state index in [0.717, 1.165) is 0 Å². The Morgan fingerprint density at radius 1 is 1.71 bits per heavy atom. The lowest BCUT2D eigenvalue weighted by atomic mass is 10.6. The molecule has 1 heteroatoms. The Hall–Kier alpha value is -0.670. The Bertz CT molecular complexity index is 144. The number of hydrogen-bond acceptors (Lipinski definition) is 0. The molecule has 0 amide bonds. The normalized spacial score (nSPS) is 5.86. The Morgan fingerprint density at radius 2 is 2.29 bits per heavy atom. The first-order chi connectivity index (χ1) is 3.31. The van der Waals surface area contributed by atoms with Crippen molar-refractivity contribution in [3.63, 3.8) is 0 Å². The highest BCUT2D eigenvalue weighted by Crippen LogP contribution is 1.95. The number of rotatable bonds is 1. The third-order valence-corrected chi connectivity index (χ3v) is 0.636. The van der Waals surface area contributed by atoms with Gasteiger partial charge in [-0.15, -0.1) is 0 Å². The summed E-state index contributed by atoms with van der Waals surface area (Å²) in [6.45, 7) is 6.64. The van der Waals surface area contributed by atoms with Crippen LogP contribution in [0.2, 0.25) is 0 Å². The van der Waals surface area contributed by atoms with E-state index in [2.05, 4.69) is 24.6 Å². The summed E-state index contributed by atoms with van der Waals surface area (Å²) in [5, 5.41) is 0.440. The van der Waals surface area contributed by atoms with Gasteiger partial charge in [0.05, 0.1) is 5.03 Å². The van der Waals surface area contributed by atoms with Gasteiger partial charge in [-0.3, -0.25) is 0 Å². The molecule has 0 rings (SSSR count). The van der Waals surface area contributed by atoms with Crippen LogP contribution in [-0.2, 0) is 0 Å². The summed E-state index contributed by atoms with van der Waals surface area (Å²) >= 11 is 5.35. The summed E-state index contributed by atoms with van der Waals surface area (Å²) in [6, 6.07) is 0. The molecule has 0 saturated heterocycles. The van der Waals surface area contributed by atoms with E-state index in [9.17, 15) is 0 Å². The van der Waals surface area contributed by atoms with Gasteiger partial charge in [-0.25, -0.2) is 0 Å². The molecule has 0 spiro atoms. The van der Waals surface area contributed by atoms with Crippen LogP contribution in [0.5, 0.6) is 0 Å². The number of allylic oxidation sites excluding steroid dienone is 2. The van der Waals surface area contributed by atoms with Crippen LogP contribution >= 0.6 is 11.6 Å². The standard InChI is InChI=1S/C6H5Cl/c1-3-5-6(7)4-2/h4H,1-2H2. The highest BCUT2D eigenvalue weighted by Gasteiger charge is 1.70. The molecule has 0 bridgehead atoms. The van der Waals surface area contributed by atoms with Gasteiger partial charge in [0.25, 0.3) is 0 Å². The molecule has 0 fully saturated rings. The van der Waals surface area contributed by atoms with Crippen LogP contribution < -0.4 is 0 Å². The van der Waals surface area contributed by atoms with Gasteiger partial charge in [-0.1, -0.05) is 29.6 Å². The van der Waals surface area contributed by atoms with Crippen LogP contribution in [0.15, 0.2) is 35.7 Å². The minimum atomic E-state index is 0.440. The maximum absolute atomic E-state index is 5.35. The summed E-state index contributed by atoms with van der Waals surface area (Å²) in [5.41, 5.74) is 4.88. The molecule has 36 valence electrons. The van der Waals surface area contributed by atoms with Crippen molar-refractivity contribution in [2.45, 2.75) is 0 Å². The van der Waals surface area contributed by atoms with Gasteiger partial charge >= 0.3 is 0 Å². The molecule has 0 N–H and O–H groups in total. The average molecular weight is 113 g/mol. The summed E-state index contributed by atoms with van der Waals surface area (Å²) in [5.74, 6) is 0. The van der Waals surface area contributed by atoms with E-state index >= 15 is 0 Å². The topological polar surface area (TPSA) is 0 Å². The first kappa shape index (κ1) is 6.33. The first-order valence-corrected chi connectivity index (χ1v) is 2.12. The maximum Gasteiger partial charge on any atom is 0.0901 e. The van der Waals surface area contributed by atoms with Crippen LogP contribution in [0, 0.1) is 0 Å². The number of halogens is 1. The lowest BCUT2D eigenvalue weighted by Gasteiger charge is -1.68. The molecule has 0 aromatic heterocycles. The van der Waals surface area contributed by atoms with Gasteiger partial charge in [0, 0.05) is 0 Å². The Labute approximate surface area is 48.1 Å². The second-order valence-corrected chi connectivity index (χ2v) is 1.26. The van der Waals surface area contributed by atoms with Crippen molar-refractivity contribution in [1.29, 1.82) is 0 Å². The van der Waals surface area contributed by atoms with Crippen molar-refractivity contribution < 1.29 is 0 Å². The molecule has 0 aromatic carbocycles. The van der Waals surface area contributed by atoms with Crippen LogP contribution in [0.1, 0.15) is 0 Å². The first-order valence-electron chi connectivity index (χ1n) is 1.74. The minimum Gasteiger partial charge on any atom is -0.0969 e. The minimum absolute atomic E-state index is 0.440. The van der Waals surface area contributed by atoms with E-state index in [4.69, 9.17) is 11.6 Å². The van der Waals surface area contributed by atoms with E-state index in [1.807, 2.05) is 0 Å². The lowest BCUT2D eigenvalue weighted by Crippen LogP contribution is -1.47. The monoisotopic (exact) mass is 112 g/mol. The highest BCUT2D eigenvalue weighted by atomic mass is 35.5. The molecule has 0 nitrogen and oxygen atoms in total. The zero-order chi connectivity index (χ0) is 5.70. The SMILES string of the molecule is C=C=C=C(Cl)C=C. The summed E-state index contributed by atoms with van der Waals surface area (Å²) in [4.78, 5) is 0. The fourth-order valence-electron chi connectivity index (χ4n) is 0.135. The molecule has 0 radical (unpaired) electrons. The molecule has 0 aromatic rings. The predicted molar refractivity (Wildman–Crippen MR) is 32.2 cm³/mol. The van der Waals surface area contributed by atoms with E-state index in [-0.39, 0.29) is 0 Å². The average Bonchev–Trinajstić information content (AvgIpc) is 1.68. The summed E-state index contributed by atoms with van der Waals surface area (Å²) in [6.07, 6.45) is 1.47. The largest absolute Gasteiger partial charge is 0.0969 e. The Morgan fingerprint density at radius 3 is 2.43 bits per heavy atom. The van der Waals surface area contributed by atoms with Crippen molar-refractivity contribution in [1.82, 2.24) is 0 Å². The van der Waals surface area contributed by atoms with Crippen molar-refractivity contribution in [3.05, 3.63) is 35.7 Å². The smallest absolute Gasteiger partial charge is 0.0901 e. The second kappa shape index (κ2) is 3.52. The third-order valence-electron chi connectivity index (χ3n) is 0.387. The van der Waals surface area contributed by atoms with E-state index in [0.29, 0.717) is 5.03 Å². The van der Waals surface area contributed by atoms with Gasteiger partial charge in [-0.2, -0.15) is 0 Å². The second-order valence-electron chi connectivity index (χ2n) is 0.854. The molecule has 7 heavy (non-hydrogen) atoms. The third kappa shape index (κ3) is 3.15. The lowest BCUT2D eigenvalue weighted by molar-refractivity contribution is 1.98. The summed E-state index contributed by atoms with van der Waals surface area (Å²) < 4.78 is 0. The van der Waals surface area contributed by atoms with Gasteiger partial charge in [-0.05, 0) is 12.7 Å². The zero-order valence-corrected chi connectivity index (χ0v) is 4.63. The van der Waals surface area contributed by atoms with Gasteiger partial charge < -0.3 is 0 Å². The van der Waals surface area contributed by atoms with Crippen LogP contribution in [0.3, 0.4) is 0 Å². The molecule has 0 saturated carbocycles. The van der Waals surface area contributed by atoms with Crippen molar-refractivity contribution >= 4 is 11.6 Å². The Kier molecular flexibility index (Phi) is 3.18.